The van der Waals surface area contributed by atoms with E-state index in [1.54, 1.807) is 12.1 Å². The highest BCUT2D eigenvalue weighted by atomic mass is 16.6. The summed E-state index contributed by atoms with van der Waals surface area (Å²) in [6, 6.07) is 11.5. The lowest BCUT2D eigenvalue weighted by Gasteiger charge is -2.13. The number of carbonyl (C=O) groups excluding carboxylic acids is 4. The van der Waals surface area contributed by atoms with Crippen LogP contribution in [0.2, 0.25) is 0 Å². The molecule has 0 aliphatic carbocycles. The summed E-state index contributed by atoms with van der Waals surface area (Å²) in [7, 11) is 2.44. The first-order chi connectivity index (χ1) is 19.6. The van der Waals surface area contributed by atoms with Crippen LogP contribution in [0.1, 0.15) is 27.4 Å². The van der Waals surface area contributed by atoms with Crippen molar-refractivity contribution in [2.45, 2.75) is 13.5 Å². The van der Waals surface area contributed by atoms with E-state index in [9.17, 15) is 29.3 Å². The van der Waals surface area contributed by atoms with Crippen molar-refractivity contribution in [1.82, 2.24) is 10.2 Å². The predicted molar refractivity (Wildman–Crippen MR) is 142 cm³/mol. The number of aryl methyl sites for hydroxylation is 1. The van der Waals surface area contributed by atoms with E-state index in [1.165, 1.54) is 38.5 Å². The summed E-state index contributed by atoms with van der Waals surface area (Å²) in [5, 5.41) is 16.9. The predicted octanol–water partition coefficient (Wildman–Crippen LogP) is 3.40. The Morgan fingerprint density at radius 2 is 1.90 bits per heavy atom. The Kier molecular flexibility index (Phi) is 8.32. The van der Waals surface area contributed by atoms with E-state index in [1.807, 2.05) is 19.1 Å². The van der Waals surface area contributed by atoms with Crippen LogP contribution in [0, 0.1) is 17.0 Å². The van der Waals surface area contributed by atoms with Gasteiger partial charge in [0.05, 0.1) is 25.7 Å². The number of rotatable bonds is 10. The lowest BCUT2D eigenvalue weighted by Crippen LogP contribution is -2.30. The number of methoxy groups -OCH3 is 2. The fraction of sp³-hybridized carbons (Fsp3) is 0.185. The van der Waals surface area contributed by atoms with Gasteiger partial charge in [0.1, 0.15) is 11.5 Å². The molecule has 1 aliphatic rings. The van der Waals surface area contributed by atoms with Crippen molar-refractivity contribution >= 4 is 41.3 Å². The van der Waals surface area contributed by atoms with Crippen molar-refractivity contribution in [2.75, 3.05) is 26.1 Å². The number of nitrogens with one attached hydrogen (secondary N) is 2. The maximum absolute atomic E-state index is 12.9. The van der Waals surface area contributed by atoms with Gasteiger partial charge in [0.15, 0.2) is 12.4 Å². The van der Waals surface area contributed by atoms with Gasteiger partial charge < -0.3 is 29.3 Å². The van der Waals surface area contributed by atoms with Gasteiger partial charge >= 0.3 is 17.7 Å². The van der Waals surface area contributed by atoms with Gasteiger partial charge in [-0.2, -0.15) is 0 Å². The van der Waals surface area contributed by atoms with E-state index in [0.29, 0.717) is 5.69 Å². The molecule has 0 unspecified atom stereocenters. The summed E-state index contributed by atoms with van der Waals surface area (Å²) >= 11 is 0. The van der Waals surface area contributed by atoms with E-state index in [0.717, 1.165) is 16.5 Å². The Morgan fingerprint density at radius 1 is 1.15 bits per heavy atom. The minimum atomic E-state index is -0.765. The molecule has 4 rings (SSSR count). The molecule has 1 fully saturated rings. The van der Waals surface area contributed by atoms with E-state index in [-0.39, 0.29) is 40.8 Å². The number of imide groups is 1. The molecule has 0 atom stereocenters. The van der Waals surface area contributed by atoms with Crippen LogP contribution in [0.15, 0.2) is 58.6 Å². The van der Waals surface area contributed by atoms with Crippen molar-refractivity contribution in [3.8, 4) is 11.5 Å². The zero-order chi connectivity index (χ0) is 29.7. The number of para-hydroxylation sites is 1. The first-order valence-corrected chi connectivity index (χ1v) is 12.0. The molecule has 41 heavy (non-hydrogen) atoms. The molecule has 1 aromatic heterocycles. The number of hydrogen-bond acceptors (Lipinski definition) is 10. The Morgan fingerprint density at radius 3 is 2.59 bits per heavy atom. The first kappa shape index (κ1) is 28.4. The highest BCUT2D eigenvalue weighted by molar-refractivity contribution is 6.14. The topological polar surface area (TPSA) is 180 Å². The number of benzene rings is 2. The van der Waals surface area contributed by atoms with Crippen LogP contribution in [-0.4, -0.2) is 54.5 Å². The molecular formula is C27H24N4O10. The van der Waals surface area contributed by atoms with E-state index in [4.69, 9.17) is 13.9 Å². The quantitative estimate of drug-likeness (QED) is 0.122. The molecule has 2 heterocycles. The van der Waals surface area contributed by atoms with E-state index in [2.05, 4.69) is 15.4 Å². The summed E-state index contributed by atoms with van der Waals surface area (Å²) in [4.78, 5) is 61.4. The molecule has 0 bridgehead atoms. The molecular weight excluding hydrogens is 540 g/mol. The molecule has 0 radical (unpaired) electrons. The lowest BCUT2D eigenvalue weighted by molar-refractivity contribution is -0.385. The Balaban J connectivity index is 1.53. The molecule has 2 N–H and O–H groups in total. The number of anilines is 1. The number of ether oxygens (including phenoxy) is 3. The van der Waals surface area contributed by atoms with Gasteiger partial charge in [-0.25, -0.2) is 9.59 Å². The van der Waals surface area contributed by atoms with Crippen molar-refractivity contribution in [1.29, 1.82) is 0 Å². The number of amides is 4. The van der Waals surface area contributed by atoms with Crippen LogP contribution in [0.5, 0.6) is 11.5 Å². The normalized spacial score (nSPS) is 13.6. The van der Waals surface area contributed by atoms with Crippen molar-refractivity contribution in [3.05, 3.63) is 87.0 Å². The highest BCUT2D eigenvalue weighted by Gasteiger charge is 2.35. The largest absolute Gasteiger partial charge is 0.493 e. The monoisotopic (exact) mass is 564 g/mol. The van der Waals surface area contributed by atoms with E-state index >= 15 is 0 Å². The standard InChI is InChI=1S/C27H24N4O10/c1-15-6-4-5-7-18(15)28-23(32)14-40-24-20(31(36)37)11-16(12-22(24)38-2)10-19-25(33)30(27(35)29-19)13-17-8-9-21(41-17)26(34)39-3/h4-12H,13-14H2,1-3H3,(H,28,32)(H,29,35)/b19-10-. The van der Waals surface area contributed by atoms with Crippen LogP contribution in [-0.2, 0) is 20.9 Å². The molecule has 3 aromatic rings. The number of esters is 1. The van der Waals surface area contributed by atoms with Gasteiger partial charge in [0, 0.05) is 11.8 Å². The fourth-order valence-electron chi connectivity index (χ4n) is 3.87. The third-order valence-corrected chi connectivity index (χ3v) is 5.88. The molecule has 2 aromatic carbocycles. The van der Waals surface area contributed by atoms with Gasteiger partial charge in [-0.3, -0.25) is 24.6 Å². The maximum Gasteiger partial charge on any atom is 0.373 e. The van der Waals surface area contributed by atoms with Gasteiger partial charge in [0.25, 0.3) is 11.8 Å². The average molecular weight is 565 g/mol. The second kappa shape index (κ2) is 12.0. The number of nitrogens with zero attached hydrogens (tertiary/aromatic N) is 2. The summed E-state index contributed by atoms with van der Waals surface area (Å²) in [5.74, 6) is -2.31. The Bertz CT molecular complexity index is 1580. The van der Waals surface area contributed by atoms with Crippen LogP contribution in [0.3, 0.4) is 0 Å². The summed E-state index contributed by atoms with van der Waals surface area (Å²) in [5.41, 5.74) is 0.834. The minimum absolute atomic E-state index is 0.0747. The second-order valence-corrected chi connectivity index (χ2v) is 8.62. The smallest absolute Gasteiger partial charge is 0.373 e. The van der Waals surface area contributed by atoms with Gasteiger partial charge in [-0.05, 0) is 48.4 Å². The number of nitro groups is 1. The molecule has 1 aliphatic heterocycles. The summed E-state index contributed by atoms with van der Waals surface area (Å²) < 4.78 is 20.6. The van der Waals surface area contributed by atoms with Crippen LogP contribution < -0.4 is 20.1 Å². The molecule has 0 saturated carbocycles. The zero-order valence-corrected chi connectivity index (χ0v) is 22.1. The van der Waals surface area contributed by atoms with E-state index < -0.39 is 41.0 Å². The first-order valence-electron chi connectivity index (χ1n) is 12.0. The molecule has 4 amide bonds. The minimum Gasteiger partial charge on any atom is -0.493 e. The number of furan rings is 1. The van der Waals surface area contributed by atoms with Crippen molar-refractivity contribution in [3.63, 3.8) is 0 Å². The highest BCUT2D eigenvalue weighted by Crippen LogP contribution is 2.39. The van der Waals surface area contributed by atoms with Crippen LogP contribution >= 0.6 is 0 Å². The summed E-state index contributed by atoms with van der Waals surface area (Å²) in [6.07, 6.45) is 1.23. The van der Waals surface area contributed by atoms with Crippen LogP contribution in [0.25, 0.3) is 6.08 Å². The van der Waals surface area contributed by atoms with Crippen molar-refractivity contribution in [2.24, 2.45) is 0 Å². The molecule has 14 nitrogen and oxygen atoms in total. The van der Waals surface area contributed by atoms with Gasteiger partial charge in [-0.1, -0.05) is 18.2 Å². The number of nitro benzene ring substituents is 1. The average Bonchev–Trinajstić information content (AvgIpc) is 3.52. The fourth-order valence-corrected chi connectivity index (χ4v) is 3.87. The second-order valence-electron chi connectivity index (χ2n) is 8.62. The molecule has 212 valence electrons. The molecule has 14 heteroatoms. The zero-order valence-electron chi connectivity index (χ0n) is 22.1. The van der Waals surface area contributed by atoms with Gasteiger partial charge in [-0.15, -0.1) is 0 Å². The van der Waals surface area contributed by atoms with Crippen molar-refractivity contribution < 1.29 is 42.7 Å². The SMILES string of the molecule is COC(=O)c1ccc(CN2C(=O)N/C(=C\c3cc(OC)c(OCC(=O)Nc4ccccc4C)c([N+](=O)[O-])c3)C2=O)o1. The van der Waals surface area contributed by atoms with Gasteiger partial charge in [0.2, 0.25) is 11.5 Å². The summed E-state index contributed by atoms with van der Waals surface area (Å²) in [6.45, 7) is 0.992. The maximum atomic E-state index is 12.9. The number of urea groups is 1. The lowest BCUT2D eigenvalue weighted by atomic mass is 10.1. The Hall–Kier alpha value is -5.66. The number of hydrogen-bond donors (Lipinski definition) is 2. The Labute approximate surface area is 232 Å². The number of carbonyl (C=O) groups is 4. The third-order valence-electron chi connectivity index (χ3n) is 5.88. The third kappa shape index (κ3) is 6.33. The van der Waals surface area contributed by atoms with Crippen LogP contribution in [0.4, 0.5) is 16.2 Å². The molecule has 1 saturated heterocycles. The molecule has 0 spiro atoms.